The van der Waals surface area contributed by atoms with Crippen molar-refractivity contribution in [3.8, 4) is 0 Å². The Bertz CT molecular complexity index is 1060. The minimum Gasteiger partial charge on any atom is -0.440 e. The molecule has 1 aliphatic rings. The van der Waals surface area contributed by atoms with Crippen LogP contribution in [-0.4, -0.2) is 43.6 Å². The molecule has 1 fully saturated rings. The van der Waals surface area contributed by atoms with Crippen LogP contribution in [0.4, 0.5) is 0 Å². The molecule has 2 heterocycles. The highest BCUT2D eigenvalue weighted by Gasteiger charge is 2.29. The van der Waals surface area contributed by atoms with E-state index in [1.54, 1.807) is 23.1 Å². The maximum Gasteiger partial charge on any atom is 0.255 e. The Morgan fingerprint density at radius 2 is 1.74 bits per heavy atom. The molecule has 0 N–H and O–H groups in total. The van der Waals surface area contributed by atoms with Crippen molar-refractivity contribution in [3.05, 3.63) is 60.0 Å². The number of likely N-dealkylation sites (tertiary alicyclic amines) is 1. The number of nitrogens with zero attached hydrogens (tertiary/aromatic N) is 2. The molecule has 0 spiro atoms. The number of aromatic nitrogens is 1. The molecule has 1 aliphatic heterocycles. The molecule has 0 bridgehead atoms. The highest BCUT2D eigenvalue weighted by atomic mass is 32.2. The molecule has 0 saturated carbocycles. The van der Waals surface area contributed by atoms with Crippen molar-refractivity contribution in [2.75, 3.05) is 19.3 Å². The van der Waals surface area contributed by atoms with Crippen LogP contribution in [0.15, 0.2) is 57.8 Å². The first-order chi connectivity index (χ1) is 12.9. The summed E-state index contributed by atoms with van der Waals surface area (Å²) in [5.41, 5.74) is 1.85. The van der Waals surface area contributed by atoms with E-state index in [2.05, 4.69) is 4.98 Å². The first kappa shape index (κ1) is 17.7. The van der Waals surface area contributed by atoms with Gasteiger partial charge in [-0.25, -0.2) is 13.4 Å². The number of hydrogen-bond donors (Lipinski definition) is 0. The van der Waals surface area contributed by atoms with Crippen molar-refractivity contribution in [1.82, 2.24) is 9.88 Å². The Labute approximate surface area is 157 Å². The topological polar surface area (TPSA) is 80.5 Å². The molecule has 1 amide bonds. The van der Waals surface area contributed by atoms with E-state index in [1.807, 2.05) is 24.3 Å². The van der Waals surface area contributed by atoms with E-state index in [4.69, 9.17) is 4.42 Å². The zero-order valence-corrected chi connectivity index (χ0v) is 15.8. The van der Waals surface area contributed by atoms with Crippen LogP contribution in [0.1, 0.15) is 35.0 Å². The zero-order chi connectivity index (χ0) is 19.0. The van der Waals surface area contributed by atoms with E-state index in [-0.39, 0.29) is 22.3 Å². The second-order valence-corrected chi connectivity index (χ2v) is 8.84. The molecule has 0 radical (unpaired) electrons. The van der Waals surface area contributed by atoms with Crippen molar-refractivity contribution in [2.45, 2.75) is 23.7 Å². The number of amides is 1. The molecular weight excluding hydrogens is 364 g/mol. The summed E-state index contributed by atoms with van der Waals surface area (Å²) in [5, 5.41) is 0. The summed E-state index contributed by atoms with van der Waals surface area (Å²) >= 11 is 0. The predicted molar refractivity (Wildman–Crippen MR) is 101 cm³/mol. The minimum absolute atomic E-state index is 0.0797. The number of sulfone groups is 1. The Kier molecular flexibility index (Phi) is 4.47. The number of benzene rings is 2. The highest BCUT2D eigenvalue weighted by molar-refractivity contribution is 7.90. The van der Waals surface area contributed by atoms with Gasteiger partial charge in [0.15, 0.2) is 21.3 Å². The fraction of sp³-hybridized carbons (Fsp3) is 0.300. The lowest BCUT2D eigenvalue weighted by Crippen LogP contribution is -2.38. The van der Waals surface area contributed by atoms with Crippen LogP contribution in [0, 0.1) is 0 Å². The first-order valence-electron chi connectivity index (χ1n) is 8.87. The first-order valence-corrected chi connectivity index (χ1v) is 10.8. The number of piperidine rings is 1. The van der Waals surface area contributed by atoms with E-state index in [0.29, 0.717) is 19.0 Å². The van der Waals surface area contributed by atoms with Gasteiger partial charge < -0.3 is 9.32 Å². The second-order valence-electron chi connectivity index (χ2n) is 6.85. The molecule has 4 rings (SSSR count). The van der Waals surface area contributed by atoms with E-state index in [9.17, 15) is 13.2 Å². The smallest absolute Gasteiger partial charge is 0.255 e. The van der Waals surface area contributed by atoms with Crippen LogP contribution in [0.3, 0.4) is 0 Å². The van der Waals surface area contributed by atoms with Crippen molar-refractivity contribution in [3.63, 3.8) is 0 Å². The van der Waals surface area contributed by atoms with Crippen LogP contribution in [-0.2, 0) is 9.84 Å². The molecule has 0 unspecified atom stereocenters. The highest BCUT2D eigenvalue weighted by Crippen LogP contribution is 2.31. The van der Waals surface area contributed by atoms with Gasteiger partial charge in [0.1, 0.15) is 5.52 Å². The number of oxazole rings is 1. The van der Waals surface area contributed by atoms with Gasteiger partial charge in [0.2, 0.25) is 0 Å². The van der Waals surface area contributed by atoms with Crippen molar-refractivity contribution in [2.24, 2.45) is 0 Å². The maximum absolute atomic E-state index is 12.9. The average molecular weight is 384 g/mol. The van der Waals surface area contributed by atoms with Crippen LogP contribution < -0.4 is 0 Å². The number of hydrogen-bond acceptors (Lipinski definition) is 5. The van der Waals surface area contributed by atoms with Gasteiger partial charge in [-0.05, 0) is 37.1 Å². The number of carbonyl (C=O) groups excluding carboxylic acids is 1. The molecule has 0 aliphatic carbocycles. The van der Waals surface area contributed by atoms with Gasteiger partial charge in [-0.1, -0.05) is 24.3 Å². The molecule has 1 saturated heterocycles. The third-order valence-corrected chi connectivity index (χ3v) is 6.11. The summed E-state index contributed by atoms with van der Waals surface area (Å²) in [6, 6.07) is 14.0. The number of fused-ring (bicyclic) bond motifs is 1. The molecule has 7 heteroatoms. The molecule has 3 aromatic rings. The number of para-hydroxylation sites is 2. The van der Waals surface area contributed by atoms with Crippen molar-refractivity contribution < 1.29 is 17.6 Å². The summed E-state index contributed by atoms with van der Waals surface area (Å²) in [5.74, 6) is 0.624. The van der Waals surface area contributed by atoms with Gasteiger partial charge in [0.25, 0.3) is 5.91 Å². The van der Waals surface area contributed by atoms with Crippen LogP contribution in [0.25, 0.3) is 11.1 Å². The van der Waals surface area contributed by atoms with Gasteiger partial charge >= 0.3 is 0 Å². The Balaban J connectivity index is 1.50. The maximum atomic E-state index is 12.9. The largest absolute Gasteiger partial charge is 0.440 e. The zero-order valence-electron chi connectivity index (χ0n) is 15.0. The van der Waals surface area contributed by atoms with Gasteiger partial charge in [-0.3, -0.25) is 4.79 Å². The molecule has 0 atom stereocenters. The third-order valence-electron chi connectivity index (χ3n) is 4.96. The normalized spacial score (nSPS) is 16.0. The molecule has 6 nitrogen and oxygen atoms in total. The van der Waals surface area contributed by atoms with Gasteiger partial charge in [0.05, 0.1) is 10.5 Å². The third kappa shape index (κ3) is 3.47. The fourth-order valence-electron chi connectivity index (χ4n) is 3.53. The molecule has 1 aromatic heterocycles. The molecular formula is C20H20N2O4S. The number of rotatable bonds is 3. The Morgan fingerprint density at radius 3 is 2.44 bits per heavy atom. The lowest BCUT2D eigenvalue weighted by molar-refractivity contribution is 0.0703. The van der Waals surface area contributed by atoms with Gasteiger partial charge in [-0.15, -0.1) is 0 Å². The fourth-order valence-corrected chi connectivity index (χ4v) is 4.41. The quantitative estimate of drug-likeness (QED) is 0.692. The van der Waals surface area contributed by atoms with Crippen LogP contribution in [0.5, 0.6) is 0 Å². The Hall–Kier alpha value is -2.67. The van der Waals surface area contributed by atoms with Gasteiger partial charge in [-0.2, -0.15) is 0 Å². The van der Waals surface area contributed by atoms with E-state index in [1.165, 1.54) is 6.07 Å². The monoisotopic (exact) mass is 384 g/mol. The van der Waals surface area contributed by atoms with Crippen LogP contribution in [0.2, 0.25) is 0 Å². The lowest BCUT2D eigenvalue weighted by atomic mass is 9.96. The van der Waals surface area contributed by atoms with Crippen molar-refractivity contribution >= 4 is 26.8 Å². The van der Waals surface area contributed by atoms with E-state index in [0.717, 1.165) is 30.2 Å². The molecule has 2 aromatic carbocycles. The predicted octanol–water partition coefficient (Wildman–Crippen LogP) is 3.25. The SMILES string of the molecule is CS(=O)(=O)c1ccccc1C(=O)N1CCC(c2nc3ccccc3o2)CC1. The van der Waals surface area contributed by atoms with E-state index < -0.39 is 9.84 Å². The second kappa shape index (κ2) is 6.81. The average Bonchev–Trinajstić information content (AvgIpc) is 3.11. The summed E-state index contributed by atoms with van der Waals surface area (Å²) in [6.07, 6.45) is 2.60. The lowest BCUT2D eigenvalue weighted by Gasteiger charge is -2.31. The Morgan fingerprint density at radius 1 is 1.07 bits per heavy atom. The number of carbonyl (C=O) groups is 1. The summed E-state index contributed by atoms with van der Waals surface area (Å²) in [7, 11) is -3.46. The van der Waals surface area contributed by atoms with Crippen molar-refractivity contribution in [1.29, 1.82) is 0 Å². The van der Waals surface area contributed by atoms with Crippen LogP contribution >= 0.6 is 0 Å². The summed E-state index contributed by atoms with van der Waals surface area (Å²) in [4.78, 5) is 19.2. The summed E-state index contributed by atoms with van der Waals surface area (Å²) < 4.78 is 29.8. The minimum atomic E-state index is -3.46. The summed E-state index contributed by atoms with van der Waals surface area (Å²) in [6.45, 7) is 1.08. The van der Waals surface area contributed by atoms with E-state index >= 15 is 0 Å². The molecule has 140 valence electrons. The van der Waals surface area contributed by atoms with Gasteiger partial charge in [0, 0.05) is 25.3 Å². The molecule has 27 heavy (non-hydrogen) atoms. The standard InChI is InChI=1S/C20H20N2O4S/c1-27(24,25)18-9-5-2-6-15(18)20(23)22-12-10-14(11-13-22)19-21-16-7-3-4-8-17(16)26-19/h2-9,14H,10-13H2,1H3.